The average Bonchev–Trinajstić information content (AvgIpc) is 2.78. The molecule has 0 heterocycles. The first-order chi connectivity index (χ1) is 6.01. The molecular weight excluding hydrogens is 156 g/mol. The van der Waals surface area contributed by atoms with Crippen molar-refractivity contribution in [2.75, 3.05) is 0 Å². The first-order valence-corrected chi connectivity index (χ1v) is 5.68. The zero-order chi connectivity index (χ0) is 9.64. The van der Waals surface area contributed by atoms with Gasteiger partial charge in [-0.1, -0.05) is 32.9 Å². The van der Waals surface area contributed by atoms with Gasteiger partial charge in [-0.25, -0.2) is 0 Å². The molecule has 2 fully saturated rings. The molecule has 0 spiro atoms. The second kappa shape index (κ2) is 2.87. The lowest BCUT2D eigenvalue weighted by Gasteiger charge is -2.11. The molecule has 2 rings (SSSR count). The lowest BCUT2D eigenvalue weighted by molar-refractivity contribution is 0.500. The third-order valence-electron chi connectivity index (χ3n) is 4.28. The van der Waals surface area contributed by atoms with Gasteiger partial charge in [0.1, 0.15) is 0 Å². The molecule has 0 aromatic carbocycles. The Kier molecular flexibility index (Phi) is 2.05. The van der Waals surface area contributed by atoms with E-state index in [2.05, 4.69) is 27.4 Å². The van der Waals surface area contributed by atoms with Crippen molar-refractivity contribution < 1.29 is 0 Å². The predicted molar refractivity (Wildman–Crippen MR) is 57.5 cm³/mol. The van der Waals surface area contributed by atoms with Gasteiger partial charge in [0.15, 0.2) is 0 Å². The average molecular weight is 178 g/mol. The maximum absolute atomic E-state index is 4.23. The fourth-order valence-corrected chi connectivity index (χ4v) is 2.58. The highest BCUT2D eigenvalue weighted by Gasteiger charge is 2.46. The topological polar surface area (TPSA) is 0 Å². The van der Waals surface area contributed by atoms with Gasteiger partial charge in [0, 0.05) is 0 Å². The molecule has 0 aromatic heterocycles. The summed E-state index contributed by atoms with van der Waals surface area (Å²) in [7, 11) is 0. The van der Waals surface area contributed by atoms with Crippen molar-refractivity contribution in [3.05, 3.63) is 12.2 Å². The fraction of sp³-hybridized carbons (Fsp3) is 0.846. The van der Waals surface area contributed by atoms with Gasteiger partial charge in [0.25, 0.3) is 0 Å². The molecule has 4 atom stereocenters. The van der Waals surface area contributed by atoms with Crippen molar-refractivity contribution in [2.24, 2.45) is 23.2 Å². The molecular formula is C13H22. The smallest absolute Gasteiger partial charge is 0.0260 e. The minimum Gasteiger partial charge on any atom is -0.0998 e. The molecule has 2 aliphatic carbocycles. The highest BCUT2D eigenvalue weighted by molar-refractivity contribution is 5.10. The Bertz CT molecular complexity index is 228. The number of allylic oxidation sites excluding steroid dienone is 1. The summed E-state index contributed by atoms with van der Waals surface area (Å²) in [5.41, 5.74) is 2.15. The molecule has 0 bridgehead atoms. The van der Waals surface area contributed by atoms with Crippen molar-refractivity contribution >= 4 is 0 Å². The first-order valence-electron chi connectivity index (χ1n) is 5.68. The van der Waals surface area contributed by atoms with Crippen LogP contribution < -0.4 is 0 Å². The third kappa shape index (κ3) is 1.98. The van der Waals surface area contributed by atoms with Gasteiger partial charge in [0.05, 0.1) is 0 Å². The molecule has 0 aliphatic heterocycles. The molecule has 0 saturated heterocycles. The summed E-state index contributed by atoms with van der Waals surface area (Å²) in [5, 5.41) is 0. The monoisotopic (exact) mass is 178 g/mol. The van der Waals surface area contributed by atoms with Crippen molar-refractivity contribution in [1.82, 2.24) is 0 Å². The van der Waals surface area contributed by atoms with Crippen LogP contribution in [0.25, 0.3) is 0 Å². The second-order valence-electron chi connectivity index (χ2n) is 5.86. The number of hydrogen-bond acceptors (Lipinski definition) is 0. The Morgan fingerprint density at radius 2 is 2.00 bits per heavy atom. The molecule has 13 heavy (non-hydrogen) atoms. The van der Waals surface area contributed by atoms with Crippen LogP contribution in [0.5, 0.6) is 0 Å². The molecule has 4 unspecified atom stereocenters. The van der Waals surface area contributed by atoms with Crippen LogP contribution in [0.2, 0.25) is 0 Å². The maximum atomic E-state index is 4.23. The molecule has 0 nitrogen and oxygen atoms in total. The Labute approximate surface area is 82.4 Å². The minimum absolute atomic E-state index is 0.634. The van der Waals surface area contributed by atoms with E-state index in [1.807, 2.05) is 0 Å². The van der Waals surface area contributed by atoms with Crippen LogP contribution in [0, 0.1) is 23.2 Å². The van der Waals surface area contributed by atoms with Crippen molar-refractivity contribution in [1.29, 1.82) is 0 Å². The predicted octanol–water partition coefficient (Wildman–Crippen LogP) is 4.02. The summed E-state index contributed by atoms with van der Waals surface area (Å²) < 4.78 is 0. The largest absolute Gasteiger partial charge is 0.0998 e. The fourth-order valence-electron chi connectivity index (χ4n) is 2.58. The van der Waals surface area contributed by atoms with Crippen LogP contribution in [0.3, 0.4) is 0 Å². The van der Waals surface area contributed by atoms with Crippen LogP contribution in [0.4, 0.5) is 0 Å². The number of rotatable bonds is 4. The van der Waals surface area contributed by atoms with Crippen LogP contribution in [0.15, 0.2) is 12.2 Å². The van der Waals surface area contributed by atoms with E-state index in [0.717, 1.165) is 17.8 Å². The quantitative estimate of drug-likeness (QED) is 0.570. The molecule has 2 saturated carbocycles. The van der Waals surface area contributed by atoms with Gasteiger partial charge in [-0.3, -0.25) is 0 Å². The second-order valence-corrected chi connectivity index (χ2v) is 5.86. The SMILES string of the molecule is C=C(CC1CC1C)CC1(C)CC1C. The van der Waals surface area contributed by atoms with Crippen molar-refractivity contribution in [2.45, 2.75) is 46.5 Å². The number of hydrogen-bond donors (Lipinski definition) is 0. The first kappa shape index (κ1) is 9.30. The van der Waals surface area contributed by atoms with E-state index in [0.29, 0.717) is 5.41 Å². The molecule has 74 valence electrons. The minimum atomic E-state index is 0.634. The molecule has 0 heteroatoms. The third-order valence-corrected chi connectivity index (χ3v) is 4.28. The van der Waals surface area contributed by atoms with E-state index >= 15 is 0 Å². The Hall–Kier alpha value is -0.260. The normalized spacial score (nSPS) is 47.5. The van der Waals surface area contributed by atoms with Crippen molar-refractivity contribution in [3.8, 4) is 0 Å². The highest BCUT2D eigenvalue weighted by Crippen LogP contribution is 2.56. The van der Waals surface area contributed by atoms with E-state index in [1.165, 1.54) is 31.3 Å². The summed E-state index contributed by atoms with van der Waals surface area (Å²) in [5.74, 6) is 2.92. The molecule has 0 N–H and O–H groups in total. The highest BCUT2D eigenvalue weighted by atomic mass is 14.5. The Morgan fingerprint density at radius 3 is 2.38 bits per heavy atom. The van der Waals surface area contributed by atoms with Gasteiger partial charge < -0.3 is 0 Å². The van der Waals surface area contributed by atoms with Gasteiger partial charge in [-0.2, -0.15) is 0 Å². The summed E-state index contributed by atoms with van der Waals surface area (Å²) in [4.78, 5) is 0. The van der Waals surface area contributed by atoms with Crippen LogP contribution in [-0.4, -0.2) is 0 Å². The van der Waals surface area contributed by atoms with E-state index in [4.69, 9.17) is 0 Å². The van der Waals surface area contributed by atoms with Crippen LogP contribution in [0.1, 0.15) is 46.5 Å². The zero-order valence-corrected chi connectivity index (χ0v) is 9.27. The Balaban J connectivity index is 1.73. The molecule has 0 aromatic rings. The van der Waals surface area contributed by atoms with Gasteiger partial charge >= 0.3 is 0 Å². The van der Waals surface area contributed by atoms with E-state index < -0.39 is 0 Å². The van der Waals surface area contributed by atoms with Gasteiger partial charge in [-0.05, 0) is 48.9 Å². The standard InChI is InChI=1S/C13H22/c1-9(5-12-6-10(12)2)7-13(4)8-11(13)3/h10-12H,1,5-8H2,2-4H3. The Morgan fingerprint density at radius 1 is 1.46 bits per heavy atom. The summed E-state index contributed by atoms with van der Waals surface area (Å²) in [6, 6.07) is 0. The van der Waals surface area contributed by atoms with Crippen molar-refractivity contribution in [3.63, 3.8) is 0 Å². The maximum Gasteiger partial charge on any atom is -0.0260 e. The van der Waals surface area contributed by atoms with Crippen LogP contribution in [-0.2, 0) is 0 Å². The summed E-state index contributed by atoms with van der Waals surface area (Å²) in [6.45, 7) is 11.4. The molecule has 2 aliphatic rings. The van der Waals surface area contributed by atoms with Crippen LogP contribution >= 0.6 is 0 Å². The van der Waals surface area contributed by atoms with Gasteiger partial charge in [-0.15, -0.1) is 0 Å². The van der Waals surface area contributed by atoms with E-state index in [9.17, 15) is 0 Å². The zero-order valence-electron chi connectivity index (χ0n) is 9.27. The summed E-state index contributed by atoms with van der Waals surface area (Å²) in [6.07, 6.45) is 5.47. The lowest BCUT2D eigenvalue weighted by atomic mass is 9.94. The van der Waals surface area contributed by atoms with E-state index in [-0.39, 0.29) is 0 Å². The molecule has 0 radical (unpaired) electrons. The summed E-state index contributed by atoms with van der Waals surface area (Å²) >= 11 is 0. The molecule has 0 amide bonds. The lowest BCUT2D eigenvalue weighted by Crippen LogP contribution is -1.99. The van der Waals surface area contributed by atoms with Gasteiger partial charge in [0.2, 0.25) is 0 Å². The van der Waals surface area contributed by atoms with E-state index in [1.54, 1.807) is 0 Å².